The topological polar surface area (TPSA) is 61.8 Å². The predicted octanol–water partition coefficient (Wildman–Crippen LogP) is 1.40. The van der Waals surface area contributed by atoms with Crippen LogP contribution in [0, 0.1) is 0 Å². The molecule has 0 amide bonds. The van der Waals surface area contributed by atoms with Crippen LogP contribution >= 0.6 is 0 Å². The van der Waals surface area contributed by atoms with Crippen molar-refractivity contribution < 1.29 is 22.5 Å². The van der Waals surface area contributed by atoms with Gasteiger partial charge in [-0.15, -0.1) is 0 Å². The van der Waals surface area contributed by atoms with Crippen molar-refractivity contribution in [2.75, 3.05) is 13.4 Å². The van der Waals surface area contributed by atoms with Gasteiger partial charge < -0.3 is 14.0 Å². The molecule has 0 aromatic heterocycles. The van der Waals surface area contributed by atoms with E-state index >= 15 is 0 Å². The van der Waals surface area contributed by atoms with E-state index in [9.17, 15) is 8.42 Å². The first-order valence-corrected chi connectivity index (χ1v) is 8.61. The normalized spacial score (nSPS) is 20.6. The summed E-state index contributed by atoms with van der Waals surface area (Å²) in [6, 6.07) is 4.93. The molecule has 1 aliphatic rings. The minimum Gasteiger partial charge on any atom is -0.495 e. The monoisotopic (exact) mass is 312 g/mol. The van der Waals surface area contributed by atoms with Crippen LogP contribution in [0.25, 0.3) is 0 Å². The first-order chi connectivity index (χ1) is 9.48. The van der Waals surface area contributed by atoms with Crippen LogP contribution in [0.1, 0.15) is 27.7 Å². The number of benzene rings is 1. The summed E-state index contributed by atoms with van der Waals surface area (Å²) in [5, 5.41) is 0. The summed E-state index contributed by atoms with van der Waals surface area (Å²) in [5.74, 6) is 0.317. The summed E-state index contributed by atoms with van der Waals surface area (Å²) in [7, 11) is -2.54. The largest absolute Gasteiger partial charge is 0.495 e. The van der Waals surface area contributed by atoms with E-state index in [0.717, 1.165) is 6.26 Å². The molecule has 2 rings (SSSR count). The molecule has 0 aliphatic carbocycles. The number of hydrogen-bond acceptors (Lipinski definition) is 5. The van der Waals surface area contributed by atoms with E-state index in [-0.39, 0.29) is 4.90 Å². The number of rotatable bonds is 3. The zero-order valence-electron chi connectivity index (χ0n) is 13.3. The van der Waals surface area contributed by atoms with E-state index in [2.05, 4.69) is 0 Å². The summed E-state index contributed by atoms with van der Waals surface area (Å²) >= 11 is 0. The highest BCUT2D eigenvalue weighted by atomic mass is 32.2. The Morgan fingerprint density at radius 3 is 2.05 bits per heavy atom. The van der Waals surface area contributed by atoms with E-state index < -0.39 is 28.2 Å². The Morgan fingerprint density at radius 2 is 1.62 bits per heavy atom. The Labute approximate surface area is 126 Å². The van der Waals surface area contributed by atoms with Crippen molar-refractivity contribution in [3.05, 3.63) is 18.2 Å². The number of sulfone groups is 1. The number of ether oxygens (including phenoxy) is 1. The molecule has 0 N–H and O–H groups in total. The van der Waals surface area contributed by atoms with Gasteiger partial charge in [0, 0.05) is 6.26 Å². The molecule has 0 spiro atoms. The minimum atomic E-state index is -3.39. The number of methoxy groups -OCH3 is 1. The zero-order chi connectivity index (χ0) is 16.1. The summed E-state index contributed by atoms with van der Waals surface area (Å²) in [6.45, 7) is 7.81. The summed E-state index contributed by atoms with van der Waals surface area (Å²) in [4.78, 5) is 0.136. The Kier molecular flexibility index (Phi) is 3.89. The summed E-state index contributed by atoms with van der Waals surface area (Å²) in [5.41, 5.74) is -0.277. The average Bonchev–Trinajstić information content (AvgIpc) is 2.56. The summed E-state index contributed by atoms with van der Waals surface area (Å²) < 4.78 is 40.7. The fraction of sp³-hybridized carbons (Fsp3) is 0.571. The van der Waals surface area contributed by atoms with Crippen LogP contribution in [0.15, 0.2) is 23.1 Å². The van der Waals surface area contributed by atoms with Gasteiger partial charge in [-0.2, -0.15) is 0 Å². The predicted molar refractivity (Wildman–Crippen MR) is 81.8 cm³/mol. The van der Waals surface area contributed by atoms with E-state index in [4.69, 9.17) is 14.0 Å². The molecule has 1 heterocycles. The highest BCUT2D eigenvalue weighted by Crippen LogP contribution is 2.36. The number of hydrogen-bond donors (Lipinski definition) is 0. The first-order valence-electron chi connectivity index (χ1n) is 6.71. The average molecular weight is 312 g/mol. The zero-order valence-corrected chi connectivity index (χ0v) is 14.1. The van der Waals surface area contributed by atoms with E-state index in [1.54, 1.807) is 18.2 Å². The standard InChI is InChI=1S/C14H21BO5S/c1-13(2)14(3,4)20-15(19-13)10-7-8-11(18-5)12(9-10)21(6,16)17/h7-9H,1-6H3. The molecule has 0 saturated carbocycles. The molecule has 1 aliphatic heterocycles. The molecule has 21 heavy (non-hydrogen) atoms. The van der Waals surface area contributed by atoms with E-state index in [0.29, 0.717) is 11.2 Å². The molecule has 0 radical (unpaired) electrons. The molecule has 116 valence electrons. The molecule has 0 atom stereocenters. The van der Waals surface area contributed by atoms with Crippen LogP contribution in [0.3, 0.4) is 0 Å². The lowest BCUT2D eigenvalue weighted by Gasteiger charge is -2.32. The molecule has 7 heteroatoms. The van der Waals surface area contributed by atoms with Gasteiger partial charge in [-0.25, -0.2) is 8.42 Å². The van der Waals surface area contributed by atoms with E-state index in [1.807, 2.05) is 27.7 Å². The van der Waals surface area contributed by atoms with E-state index in [1.165, 1.54) is 7.11 Å². The molecule has 1 aromatic rings. The van der Waals surface area contributed by atoms with Crippen molar-refractivity contribution in [3.63, 3.8) is 0 Å². The molecular weight excluding hydrogens is 291 g/mol. The quantitative estimate of drug-likeness (QED) is 0.790. The van der Waals surface area contributed by atoms with Crippen LogP contribution in [-0.2, 0) is 19.1 Å². The van der Waals surface area contributed by atoms with Gasteiger partial charge in [0.2, 0.25) is 0 Å². The van der Waals surface area contributed by atoms with Crippen LogP contribution in [0.5, 0.6) is 5.75 Å². The molecule has 0 unspecified atom stereocenters. The van der Waals surface area contributed by atoms with Crippen LogP contribution in [0.4, 0.5) is 0 Å². The SMILES string of the molecule is COc1ccc(B2OC(C)(C)C(C)(C)O2)cc1S(C)(=O)=O. The van der Waals surface area contributed by atoms with Gasteiger partial charge in [-0.3, -0.25) is 0 Å². The Bertz CT molecular complexity index is 635. The van der Waals surface area contributed by atoms with Crippen molar-refractivity contribution in [2.24, 2.45) is 0 Å². The lowest BCUT2D eigenvalue weighted by molar-refractivity contribution is 0.00578. The van der Waals surface area contributed by atoms with Crippen LogP contribution < -0.4 is 10.2 Å². The highest BCUT2D eigenvalue weighted by molar-refractivity contribution is 7.90. The van der Waals surface area contributed by atoms with Gasteiger partial charge in [0.1, 0.15) is 10.6 Å². The summed E-state index contributed by atoms with van der Waals surface area (Å²) in [6.07, 6.45) is 1.15. The van der Waals surface area contributed by atoms with Crippen molar-refractivity contribution >= 4 is 22.4 Å². The molecule has 1 aromatic carbocycles. The second-order valence-electron chi connectivity index (χ2n) is 6.27. The van der Waals surface area contributed by atoms with Crippen molar-refractivity contribution in [1.82, 2.24) is 0 Å². The lowest BCUT2D eigenvalue weighted by atomic mass is 9.79. The Balaban J connectivity index is 2.44. The fourth-order valence-corrected chi connectivity index (χ4v) is 2.98. The maximum absolute atomic E-state index is 11.9. The second kappa shape index (κ2) is 5.00. The second-order valence-corrected chi connectivity index (χ2v) is 8.25. The molecule has 1 saturated heterocycles. The van der Waals surface area contributed by atoms with Gasteiger partial charge in [0.05, 0.1) is 18.3 Å². The molecule has 0 bridgehead atoms. The molecule has 5 nitrogen and oxygen atoms in total. The lowest BCUT2D eigenvalue weighted by Crippen LogP contribution is -2.41. The Morgan fingerprint density at radius 1 is 1.10 bits per heavy atom. The first kappa shape index (κ1) is 16.3. The van der Waals surface area contributed by atoms with Crippen molar-refractivity contribution in [2.45, 2.75) is 43.8 Å². The van der Waals surface area contributed by atoms with Gasteiger partial charge in [-0.05, 0) is 45.3 Å². The van der Waals surface area contributed by atoms with Crippen LogP contribution in [0.2, 0.25) is 0 Å². The third-order valence-electron chi connectivity index (χ3n) is 4.11. The Hall–Kier alpha value is -1.05. The van der Waals surface area contributed by atoms with Crippen molar-refractivity contribution in [3.8, 4) is 5.75 Å². The van der Waals surface area contributed by atoms with Gasteiger partial charge >= 0.3 is 7.12 Å². The third kappa shape index (κ3) is 2.95. The fourth-order valence-electron chi connectivity index (χ4n) is 2.11. The third-order valence-corrected chi connectivity index (χ3v) is 5.23. The van der Waals surface area contributed by atoms with Crippen LogP contribution in [-0.4, -0.2) is 40.1 Å². The van der Waals surface area contributed by atoms with Crippen molar-refractivity contribution in [1.29, 1.82) is 0 Å². The highest BCUT2D eigenvalue weighted by Gasteiger charge is 2.51. The van der Waals surface area contributed by atoms with Gasteiger partial charge in [0.25, 0.3) is 0 Å². The molecular formula is C14H21BO5S. The molecule has 1 fully saturated rings. The smallest absolute Gasteiger partial charge is 0.494 e. The minimum absolute atomic E-state index is 0.136. The van der Waals surface area contributed by atoms with Gasteiger partial charge in [0.15, 0.2) is 9.84 Å². The maximum Gasteiger partial charge on any atom is 0.494 e. The van der Waals surface area contributed by atoms with Gasteiger partial charge in [-0.1, -0.05) is 6.07 Å². The maximum atomic E-state index is 11.9.